The number of hydrogen-bond acceptors (Lipinski definition) is 12. The summed E-state index contributed by atoms with van der Waals surface area (Å²) in [4.78, 5) is 53.3. The third-order valence-corrected chi connectivity index (χ3v) is 8.07. The maximum Gasteiger partial charge on any atom is 0.352 e. The molecule has 15 nitrogen and oxygen atoms in total. The number of nitrogens with two attached hydrogens (primary N) is 2. The number of amides is 2. The topological polar surface area (TPSA) is 208 Å². The number of aliphatic carboxylic acids is 1. The Kier molecular flexibility index (Phi) is 7.68. The van der Waals surface area contributed by atoms with Crippen molar-refractivity contribution in [3.8, 4) is 0 Å². The van der Waals surface area contributed by atoms with E-state index in [1.165, 1.54) is 16.7 Å². The van der Waals surface area contributed by atoms with E-state index in [-0.39, 0.29) is 41.6 Å². The molecule has 3 atom stereocenters. The molecule has 2 aliphatic rings. The van der Waals surface area contributed by atoms with Crippen molar-refractivity contribution >= 4 is 63.1 Å². The number of carboxylic acids is 1. The zero-order valence-corrected chi connectivity index (χ0v) is 23.2. The number of hydrogen-bond donors (Lipinski definition) is 4. The number of aromatic nitrogens is 5. The van der Waals surface area contributed by atoms with E-state index in [0.29, 0.717) is 23.5 Å². The highest BCUT2D eigenvalue weighted by Gasteiger charge is 2.54. The summed E-state index contributed by atoms with van der Waals surface area (Å²) in [7, 11) is 0. The van der Waals surface area contributed by atoms with Crippen LogP contribution < -0.4 is 21.4 Å². The molecule has 0 radical (unpaired) electrons. The standard InChI is InChI=1S/C23H26N10O5S2/c1-3-38-29-14(17-28-23(25)40-30-17)19(34)27-15-20(35)33-16(22(36)37)12(9-39-21(15)33)8-31-6-4-5-13-18(31)26-10-32(13)7-11(2)24/h4-6,10-11,15,21H,3,7-9,24H2,1-2H3,(H3-,25,27,28,30,34,36,37)/p+1/b29-14-/t11-,15?,21?/m0/s1. The normalized spacial score (nSPS) is 19.8. The lowest BCUT2D eigenvalue weighted by atomic mass is 10.0. The molecule has 3 aromatic heterocycles. The van der Waals surface area contributed by atoms with Crippen molar-refractivity contribution in [1.29, 1.82) is 0 Å². The molecule has 40 heavy (non-hydrogen) atoms. The largest absolute Gasteiger partial charge is 0.477 e. The summed E-state index contributed by atoms with van der Waals surface area (Å²) in [6.45, 7) is 4.59. The molecule has 2 aliphatic heterocycles. The lowest BCUT2D eigenvalue weighted by Gasteiger charge is -2.49. The zero-order valence-electron chi connectivity index (χ0n) is 21.6. The molecule has 5 rings (SSSR count). The van der Waals surface area contributed by atoms with Gasteiger partial charge in [-0.2, -0.15) is 9.36 Å². The van der Waals surface area contributed by atoms with Gasteiger partial charge in [-0.15, -0.1) is 11.8 Å². The number of carbonyl (C=O) groups excluding carboxylic acids is 2. The summed E-state index contributed by atoms with van der Waals surface area (Å²) in [5, 5.41) is 16.0. The first kappa shape index (κ1) is 27.5. The lowest BCUT2D eigenvalue weighted by molar-refractivity contribution is -0.664. The molecule has 5 heterocycles. The summed E-state index contributed by atoms with van der Waals surface area (Å²) in [6.07, 6.45) is 3.52. The van der Waals surface area contributed by atoms with E-state index in [1.54, 1.807) is 13.3 Å². The second-order valence-corrected chi connectivity index (χ2v) is 11.0. The van der Waals surface area contributed by atoms with Crippen LogP contribution in [-0.2, 0) is 32.3 Å². The fraction of sp³-hybridized carbons (Fsp3) is 0.391. The van der Waals surface area contributed by atoms with Crippen LogP contribution in [0.15, 0.2) is 41.1 Å². The van der Waals surface area contributed by atoms with Crippen LogP contribution in [0.4, 0.5) is 5.13 Å². The average molecular weight is 588 g/mol. The van der Waals surface area contributed by atoms with Crippen molar-refractivity contribution in [2.75, 3.05) is 18.1 Å². The molecule has 0 saturated carbocycles. The van der Waals surface area contributed by atoms with Gasteiger partial charge in [0.25, 0.3) is 11.8 Å². The molecule has 0 aliphatic carbocycles. The average Bonchev–Trinajstić information content (AvgIpc) is 3.53. The van der Waals surface area contributed by atoms with E-state index < -0.39 is 29.2 Å². The summed E-state index contributed by atoms with van der Waals surface area (Å²) < 4.78 is 7.79. The van der Waals surface area contributed by atoms with Gasteiger partial charge in [0, 0.05) is 35.4 Å². The van der Waals surface area contributed by atoms with E-state index in [9.17, 15) is 19.5 Å². The third kappa shape index (κ3) is 5.09. The first-order valence-electron chi connectivity index (χ1n) is 12.3. The number of anilines is 1. The van der Waals surface area contributed by atoms with Crippen molar-refractivity contribution in [3.63, 3.8) is 0 Å². The van der Waals surface area contributed by atoms with Crippen molar-refractivity contribution < 1.29 is 28.9 Å². The molecule has 17 heteroatoms. The van der Waals surface area contributed by atoms with Crippen LogP contribution in [0.2, 0.25) is 0 Å². The summed E-state index contributed by atoms with van der Waals surface area (Å²) >= 11 is 2.24. The second kappa shape index (κ2) is 11.2. The van der Waals surface area contributed by atoms with Crippen molar-refractivity contribution in [1.82, 2.24) is 29.1 Å². The zero-order chi connectivity index (χ0) is 28.6. The third-order valence-electron chi connectivity index (χ3n) is 6.19. The van der Waals surface area contributed by atoms with Gasteiger partial charge in [0.1, 0.15) is 35.8 Å². The molecule has 2 unspecified atom stereocenters. The van der Waals surface area contributed by atoms with Gasteiger partial charge in [0.05, 0.1) is 6.20 Å². The number of oxime groups is 1. The number of carbonyl (C=O) groups is 3. The highest BCUT2D eigenvalue weighted by molar-refractivity contribution is 8.00. The van der Waals surface area contributed by atoms with Gasteiger partial charge in [-0.3, -0.25) is 14.5 Å². The fourth-order valence-corrected chi connectivity index (χ4v) is 6.30. The maximum absolute atomic E-state index is 13.2. The first-order valence-corrected chi connectivity index (χ1v) is 14.1. The Hall–Kier alpha value is -4.09. The number of nitrogens with zero attached hydrogens (tertiary/aromatic N) is 7. The van der Waals surface area contributed by atoms with Crippen molar-refractivity contribution in [2.45, 2.75) is 44.4 Å². The van der Waals surface area contributed by atoms with E-state index in [0.717, 1.165) is 17.0 Å². The fourth-order valence-electron chi connectivity index (χ4n) is 4.53. The number of pyridine rings is 1. The lowest BCUT2D eigenvalue weighted by Crippen LogP contribution is -2.71. The molecule has 6 N–H and O–H groups in total. The Balaban J connectivity index is 1.37. The summed E-state index contributed by atoms with van der Waals surface area (Å²) in [5.74, 6) is -2.21. The van der Waals surface area contributed by atoms with E-state index in [2.05, 4.69) is 24.8 Å². The maximum atomic E-state index is 13.2. The van der Waals surface area contributed by atoms with Gasteiger partial charge in [-0.1, -0.05) is 5.16 Å². The van der Waals surface area contributed by atoms with Crippen LogP contribution in [-0.4, -0.2) is 82.2 Å². The van der Waals surface area contributed by atoms with Gasteiger partial charge in [0.15, 0.2) is 5.13 Å². The predicted octanol–water partition coefficient (Wildman–Crippen LogP) is -0.716. The molecule has 210 valence electrons. The molecule has 3 aromatic rings. The SMILES string of the molecule is CCO/N=C(\C(=O)NC1C(=O)N2C(C(=O)O)=C(C[n+]3cccc4c3ncn4C[C@H](C)N)CSC12)c1nsc(N)n1. The minimum atomic E-state index is -1.23. The van der Waals surface area contributed by atoms with Gasteiger partial charge >= 0.3 is 11.6 Å². The number of carboxylic acid groups (broad SMARTS) is 1. The minimum absolute atomic E-state index is 0.0312. The summed E-state index contributed by atoms with van der Waals surface area (Å²) in [5.41, 5.74) is 13.3. The number of nitrogens with one attached hydrogen (secondary N) is 1. The second-order valence-electron chi connectivity index (χ2n) is 9.15. The Morgan fingerprint density at radius 3 is 2.90 bits per heavy atom. The smallest absolute Gasteiger partial charge is 0.352 e. The molecular formula is C23H27N10O5S2+. The number of thioether (sulfide) groups is 1. The first-order chi connectivity index (χ1) is 19.2. The van der Waals surface area contributed by atoms with Crippen LogP contribution in [0.5, 0.6) is 0 Å². The minimum Gasteiger partial charge on any atom is -0.477 e. The van der Waals surface area contributed by atoms with Crippen LogP contribution in [0.25, 0.3) is 11.2 Å². The predicted molar refractivity (Wildman–Crippen MR) is 146 cm³/mol. The van der Waals surface area contributed by atoms with Gasteiger partial charge < -0.3 is 31.3 Å². The Morgan fingerprint density at radius 1 is 1.43 bits per heavy atom. The van der Waals surface area contributed by atoms with E-state index in [4.69, 9.17) is 16.3 Å². The monoisotopic (exact) mass is 587 g/mol. The van der Waals surface area contributed by atoms with Crippen LogP contribution in [0.3, 0.4) is 0 Å². The van der Waals surface area contributed by atoms with E-state index >= 15 is 0 Å². The van der Waals surface area contributed by atoms with Crippen molar-refractivity contribution in [3.05, 3.63) is 41.8 Å². The molecule has 0 bridgehead atoms. The molecule has 1 saturated heterocycles. The highest BCUT2D eigenvalue weighted by atomic mass is 32.2. The number of imidazole rings is 1. The number of fused-ring (bicyclic) bond motifs is 2. The van der Waals surface area contributed by atoms with E-state index in [1.807, 2.05) is 34.4 Å². The quantitative estimate of drug-likeness (QED) is 0.101. The molecular weight excluding hydrogens is 560 g/mol. The number of β-lactam (4-membered cyclic amide) rings is 1. The molecule has 0 spiro atoms. The highest BCUT2D eigenvalue weighted by Crippen LogP contribution is 2.40. The Morgan fingerprint density at radius 2 is 2.23 bits per heavy atom. The summed E-state index contributed by atoms with van der Waals surface area (Å²) in [6, 6.07) is 2.74. The van der Waals surface area contributed by atoms with Gasteiger partial charge in [-0.25, -0.2) is 9.36 Å². The van der Waals surface area contributed by atoms with Crippen LogP contribution in [0.1, 0.15) is 19.7 Å². The van der Waals surface area contributed by atoms with Crippen LogP contribution >= 0.6 is 23.3 Å². The van der Waals surface area contributed by atoms with Gasteiger partial charge in [-0.05, 0) is 31.0 Å². The Labute approximate surface area is 236 Å². The molecule has 2 amide bonds. The molecule has 1 fully saturated rings. The van der Waals surface area contributed by atoms with Crippen molar-refractivity contribution in [2.24, 2.45) is 10.9 Å². The van der Waals surface area contributed by atoms with Crippen LogP contribution in [0, 0.1) is 0 Å². The van der Waals surface area contributed by atoms with Gasteiger partial charge in [0.2, 0.25) is 17.9 Å². The number of rotatable bonds is 10. The molecule has 0 aromatic carbocycles. The Bertz CT molecular complexity index is 1550. The number of nitrogen functional groups attached to an aromatic ring is 1.